The smallest absolute Gasteiger partial charge is 0.231 e. The first kappa shape index (κ1) is 11.7. The van der Waals surface area contributed by atoms with Gasteiger partial charge < -0.3 is 20.9 Å². The van der Waals surface area contributed by atoms with Crippen molar-refractivity contribution in [1.82, 2.24) is 0 Å². The van der Waals surface area contributed by atoms with Gasteiger partial charge in [-0.15, -0.1) is 0 Å². The van der Waals surface area contributed by atoms with Gasteiger partial charge in [0, 0.05) is 12.6 Å². The van der Waals surface area contributed by atoms with Crippen molar-refractivity contribution in [2.75, 3.05) is 19.0 Å². The van der Waals surface area contributed by atoms with Crippen LogP contribution in [0.4, 0.5) is 5.69 Å². The molecule has 0 atom stereocenters. The molecule has 2 rings (SSSR count). The highest BCUT2D eigenvalue weighted by Crippen LogP contribution is 2.45. The zero-order chi connectivity index (χ0) is 12.5. The second-order valence-electron chi connectivity index (χ2n) is 4.32. The van der Waals surface area contributed by atoms with E-state index >= 15 is 0 Å². The molecular formula is C12H16N2O3. The van der Waals surface area contributed by atoms with Crippen molar-refractivity contribution in [1.29, 1.82) is 0 Å². The summed E-state index contributed by atoms with van der Waals surface area (Å²) in [5.41, 5.74) is 5.49. The van der Waals surface area contributed by atoms with Crippen LogP contribution in [0.5, 0.6) is 11.5 Å². The number of carbonyl (C=O) groups excluding carboxylic acids is 1. The van der Waals surface area contributed by atoms with E-state index in [1.54, 1.807) is 12.1 Å². The molecule has 1 aromatic rings. The molecule has 5 nitrogen and oxygen atoms in total. The summed E-state index contributed by atoms with van der Waals surface area (Å²) in [6.45, 7) is 0.337. The minimum absolute atomic E-state index is 0.0203. The molecule has 4 N–H and O–H groups in total. The van der Waals surface area contributed by atoms with Crippen molar-refractivity contribution in [2.45, 2.75) is 12.8 Å². The van der Waals surface area contributed by atoms with E-state index < -0.39 is 5.41 Å². The number of benzene rings is 1. The SMILES string of the molecule is COc1ccc(O)c(NC(=O)C2(CN)CC2)c1. The Morgan fingerprint density at radius 3 is 2.82 bits per heavy atom. The number of aromatic hydroxyl groups is 1. The molecule has 0 spiro atoms. The first-order chi connectivity index (χ1) is 8.11. The van der Waals surface area contributed by atoms with Gasteiger partial charge in [0.25, 0.3) is 0 Å². The van der Waals surface area contributed by atoms with Crippen molar-refractivity contribution in [2.24, 2.45) is 11.1 Å². The van der Waals surface area contributed by atoms with Crippen molar-refractivity contribution in [3.05, 3.63) is 18.2 Å². The summed E-state index contributed by atoms with van der Waals surface area (Å²) < 4.78 is 5.03. The Bertz CT molecular complexity index is 441. The number of hydrogen-bond donors (Lipinski definition) is 3. The second-order valence-corrected chi connectivity index (χ2v) is 4.32. The third-order valence-electron chi connectivity index (χ3n) is 3.18. The summed E-state index contributed by atoms with van der Waals surface area (Å²) in [5, 5.41) is 12.3. The lowest BCUT2D eigenvalue weighted by atomic mass is 10.1. The Labute approximate surface area is 99.6 Å². The standard InChI is InChI=1S/C12H16N2O3/c1-17-8-2-3-10(15)9(6-8)14-11(16)12(7-13)4-5-12/h2-3,6,15H,4-5,7,13H2,1H3,(H,14,16). The average Bonchev–Trinajstić information content (AvgIpc) is 3.13. The first-order valence-corrected chi connectivity index (χ1v) is 5.50. The van der Waals surface area contributed by atoms with Crippen molar-refractivity contribution < 1.29 is 14.6 Å². The molecule has 1 saturated carbocycles. The number of hydrogen-bond acceptors (Lipinski definition) is 4. The number of carbonyl (C=O) groups is 1. The number of phenols is 1. The van der Waals surface area contributed by atoms with E-state index in [2.05, 4.69) is 5.32 Å². The molecule has 1 aromatic carbocycles. The van der Waals surface area contributed by atoms with Crippen molar-refractivity contribution in [3.8, 4) is 11.5 Å². The van der Waals surface area contributed by atoms with Crippen LogP contribution in [-0.4, -0.2) is 24.7 Å². The van der Waals surface area contributed by atoms with Gasteiger partial charge >= 0.3 is 0 Å². The van der Waals surface area contributed by atoms with Gasteiger partial charge in [0.05, 0.1) is 18.2 Å². The molecule has 0 unspecified atom stereocenters. The highest BCUT2D eigenvalue weighted by molar-refractivity contribution is 5.98. The van der Waals surface area contributed by atoms with Crippen LogP contribution in [0, 0.1) is 5.41 Å². The summed E-state index contributed by atoms with van der Waals surface area (Å²) in [7, 11) is 1.53. The lowest BCUT2D eigenvalue weighted by molar-refractivity contribution is -0.120. The number of ether oxygens (including phenoxy) is 1. The Kier molecular flexibility index (Phi) is 2.93. The van der Waals surface area contributed by atoms with Gasteiger partial charge in [0.2, 0.25) is 5.91 Å². The fourth-order valence-electron chi connectivity index (χ4n) is 1.67. The summed E-state index contributed by atoms with van der Waals surface area (Å²) >= 11 is 0. The summed E-state index contributed by atoms with van der Waals surface area (Å²) in [4.78, 5) is 11.9. The fourth-order valence-corrected chi connectivity index (χ4v) is 1.67. The third-order valence-corrected chi connectivity index (χ3v) is 3.18. The Morgan fingerprint density at radius 1 is 1.59 bits per heavy atom. The minimum Gasteiger partial charge on any atom is -0.506 e. The van der Waals surface area contributed by atoms with E-state index in [4.69, 9.17) is 10.5 Å². The maximum atomic E-state index is 11.9. The Balaban J connectivity index is 2.15. The summed E-state index contributed by atoms with van der Waals surface area (Å²) in [6, 6.07) is 4.69. The van der Waals surface area contributed by atoms with Crippen LogP contribution in [0.1, 0.15) is 12.8 Å². The molecule has 1 aliphatic carbocycles. The van der Waals surface area contributed by atoms with Crippen LogP contribution in [0.2, 0.25) is 0 Å². The normalized spacial score (nSPS) is 16.4. The zero-order valence-electron chi connectivity index (χ0n) is 9.69. The Hall–Kier alpha value is -1.75. The van der Waals surface area contributed by atoms with Crippen LogP contribution in [0.15, 0.2) is 18.2 Å². The number of nitrogens with two attached hydrogens (primary N) is 1. The zero-order valence-corrected chi connectivity index (χ0v) is 9.69. The molecule has 1 aliphatic rings. The van der Waals surface area contributed by atoms with Crippen LogP contribution in [-0.2, 0) is 4.79 Å². The molecule has 5 heteroatoms. The largest absolute Gasteiger partial charge is 0.506 e. The molecule has 0 saturated heterocycles. The minimum atomic E-state index is -0.435. The molecule has 0 bridgehead atoms. The predicted octanol–water partition coefficient (Wildman–Crippen LogP) is 1.08. The molecule has 0 heterocycles. The van der Waals surface area contributed by atoms with E-state index in [9.17, 15) is 9.90 Å². The Morgan fingerprint density at radius 2 is 2.29 bits per heavy atom. The van der Waals surface area contributed by atoms with Crippen molar-refractivity contribution >= 4 is 11.6 Å². The van der Waals surface area contributed by atoms with Crippen LogP contribution < -0.4 is 15.8 Å². The number of amides is 1. The molecule has 0 aliphatic heterocycles. The number of rotatable bonds is 4. The number of phenolic OH excluding ortho intramolecular Hbond substituents is 1. The molecule has 0 radical (unpaired) electrons. The molecule has 1 fully saturated rings. The number of nitrogens with one attached hydrogen (secondary N) is 1. The number of methoxy groups -OCH3 is 1. The van der Waals surface area contributed by atoms with Crippen molar-refractivity contribution in [3.63, 3.8) is 0 Å². The highest BCUT2D eigenvalue weighted by atomic mass is 16.5. The third kappa shape index (κ3) is 2.19. The topological polar surface area (TPSA) is 84.6 Å². The summed E-state index contributed by atoms with van der Waals surface area (Å²) in [6.07, 6.45) is 1.61. The first-order valence-electron chi connectivity index (χ1n) is 5.50. The second kappa shape index (κ2) is 4.25. The molecule has 1 amide bonds. The molecular weight excluding hydrogens is 220 g/mol. The fraction of sp³-hybridized carbons (Fsp3) is 0.417. The lowest BCUT2D eigenvalue weighted by Crippen LogP contribution is -2.30. The van der Waals surface area contributed by atoms with E-state index in [1.165, 1.54) is 13.2 Å². The van der Waals surface area contributed by atoms with Crippen LogP contribution >= 0.6 is 0 Å². The van der Waals surface area contributed by atoms with Gasteiger partial charge in [-0.3, -0.25) is 4.79 Å². The van der Waals surface area contributed by atoms with Gasteiger partial charge in [0.15, 0.2) is 0 Å². The molecule has 0 aromatic heterocycles. The lowest BCUT2D eigenvalue weighted by Gasteiger charge is -2.14. The van der Waals surface area contributed by atoms with E-state index in [-0.39, 0.29) is 11.7 Å². The van der Waals surface area contributed by atoms with Crippen LogP contribution in [0.25, 0.3) is 0 Å². The number of anilines is 1. The average molecular weight is 236 g/mol. The molecule has 92 valence electrons. The van der Waals surface area contributed by atoms with E-state index in [0.29, 0.717) is 18.0 Å². The van der Waals surface area contributed by atoms with Gasteiger partial charge in [-0.25, -0.2) is 0 Å². The predicted molar refractivity (Wildman–Crippen MR) is 64.0 cm³/mol. The van der Waals surface area contributed by atoms with Gasteiger partial charge in [-0.05, 0) is 25.0 Å². The van der Waals surface area contributed by atoms with Gasteiger partial charge in [-0.1, -0.05) is 0 Å². The van der Waals surface area contributed by atoms with Crippen LogP contribution in [0.3, 0.4) is 0 Å². The van der Waals surface area contributed by atoms with Gasteiger partial charge in [-0.2, -0.15) is 0 Å². The van der Waals surface area contributed by atoms with Gasteiger partial charge in [0.1, 0.15) is 11.5 Å². The highest BCUT2D eigenvalue weighted by Gasteiger charge is 2.48. The maximum Gasteiger partial charge on any atom is 0.231 e. The quantitative estimate of drug-likeness (QED) is 0.683. The summed E-state index contributed by atoms with van der Waals surface area (Å²) in [5.74, 6) is 0.464. The van der Waals surface area contributed by atoms with E-state index in [1.807, 2.05) is 0 Å². The monoisotopic (exact) mass is 236 g/mol. The molecule has 17 heavy (non-hydrogen) atoms. The maximum absolute atomic E-state index is 11.9. The van der Waals surface area contributed by atoms with E-state index in [0.717, 1.165) is 12.8 Å².